The topological polar surface area (TPSA) is 32.9 Å². The molecule has 0 bridgehead atoms. The maximum atomic E-state index is 11.2. The molecule has 0 amide bonds. The molecule has 72 valence electrons. The Balaban J connectivity index is 0.000000396. The molecule has 1 aromatic rings. The fraction of sp³-hybridized carbons (Fsp3) is 0.500. The van der Waals surface area contributed by atoms with Gasteiger partial charge in [0.2, 0.25) is 0 Å². The lowest BCUT2D eigenvalue weighted by atomic mass is 10.2. The van der Waals surface area contributed by atoms with Gasteiger partial charge in [0.25, 0.3) is 5.56 Å². The molecule has 0 saturated heterocycles. The average Bonchev–Trinajstić information content (AvgIpc) is 2.64. The quantitative estimate of drug-likeness (QED) is 0.614. The number of hydrogen-bond donors (Lipinski definition) is 2. The second-order valence-electron chi connectivity index (χ2n) is 2.81. The Morgan fingerprint density at radius 3 is 2.54 bits per heavy atom. The Morgan fingerprint density at radius 2 is 1.92 bits per heavy atom. The Morgan fingerprint density at radius 1 is 1.31 bits per heavy atom. The molecule has 0 aliphatic heterocycles. The molecule has 1 heterocycles. The summed E-state index contributed by atoms with van der Waals surface area (Å²) < 4.78 is 0. The molecule has 1 aliphatic rings. The summed E-state index contributed by atoms with van der Waals surface area (Å²) in [6.07, 6.45) is 4.70. The Hall–Kier alpha value is -0.700. The average molecular weight is 197 g/mol. The largest absolute Gasteiger partial charge is 0.328 e. The lowest BCUT2D eigenvalue weighted by Gasteiger charge is -1.99. The van der Waals surface area contributed by atoms with E-state index in [4.69, 9.17) is 0 Å². The molecule has 0 fully saturated rings. The first kappa shape index (κ1) is 10.4. The van der Waals surface area contributed by atoms with Crippen molar-refractivity contribution in [3.8, 4) is 0 Å². The number of aromatic nitrogens is 1. The van der Waals surface area contributed by atoms with Gasteiger partial charge >= 0.3 is 0 Å². The van der Waals surface area contributed by atoms with Crippen molar-refractivity contribution in [3.63, 3.8) is 0 Å². The second-order valence-corrected chi connectivity index (χ2v) is 3.30. The first-order valence-electron chi connectivity index (χ1n) is 4.71. The summed E-state index contributed by atoms with van der Waals surface area (Å²) >= 11 is 4.26. The molecule has 0 unspecified atom stereocenters. The van der Waals surface area contributed by atoms with Crippen LogP contribution in [-0.4, -0.2) is 4.98 Å². The van der Waals surface area contributed by atoms with Crippen LogP contribution in [0.4, 0.5) is 0 Å². The highest BCUT2D eigenvalue weighted by Gasteiger charge is 2.15. The molecule has 2 nitrogen and oxygen atoms in total. The maximum Gasteiger partial charge on any atom is 0.251 e. The van der Waals surface area contributed by atoms with Gasteiger partial charge < -0.3 is 4.98 Å². The summed E-state index contributed by atoms with van der Waals surface area (Å²) in [6.45, 7) is 4.00. The summed E-state index contributed by atoms with van der Waals surface area (Å²) in [5, 5.41) is 0. The van der Waals surface area contributed by atoms with Crippen molar-refractivity contribution >= 4 is 12.6 Å². The van der Waals surface area contributed by atoms with Crippen LogP contribution in [0.25, 0.3) is 0 Å². The van der Waals surface area contributed by atoms with Gasteiger partial charge in [0, 0.05) is 16.7 Å². The number of rotatable bonds is 0. The number of thiol groups is 1. The molecular weight excluding hydrogens is 182 g/mol. The highest BCUT2D eigenvalue weighted by molar-refractivity contribution is 7.80. The SMILES string of the molecule is CC.O=c1[nH]cc(S)c2c1CCC2. The van der Waals surface area contributed by atoms with Gasteiger partial charge in [0.1, 0.15) is 0 Å². The van der Waals surface area contributed by atoms with Crippen molar-refractivity contribution in [3.05, 3.63) is 27.7 Å². The van der Waals surface area contributed by atoms with E-state index in [1.54, 1.807) is 6.20 Å². The summed E-state index contributed by atoms with van der Waals surface area (Å²) in [4.78, 5) is 14.8. The van der Waals surface area contributed by atoms with E-state index in [0.29, 0.717) is 0 Å². The number of H-pyrrole nitrogens is 1. The van der Waals surface area contributed by atoms with Crippen molar-refractivity contribution in [1.29, 1.82) is 0 Å². The van der Waals surface area contributed by atoms with Crippen LogP contribution in [0.3, 0.4) is 0 Å². The van der Waals surface area contributed by atoms with Crippen LogP contribution < -0.4 is 5.56 Å². The third-order valence-electron chi connectivity index (χ3n) is 2.14. The maximum absolute atomic E-state index is 11.2. The Kier molecular flexibility index (Phi) is 3.60. The zero-order valence-corrected chi connectivity index (χ0v) is 8.95. The molecule has 0 aromatic carbocycles. The highest BCUT2D eigenvalue weighted by Crippen LogP contribution is 2.23. The molecule has 1 aromatic heterocycles. The van der Waals surface area contributed by atoms with Gasteiger partial charge in [-0.15, -0.1) is 12.6 Å². The minimum atomic E-state index is 0.0651. The Labute approximate surface area is 83.8 Å². The molecule has 0 atom stereocenters. The van der Waals surface area contributed by atoms with Crippen LogP contribution in [0.5, 0.6) is 0 Å². The zero-order valence-electron chi connectivity index (χ0n) is 8.05. The monoisotopic (exact) mass is 197 g/mol. The van der Waals surface area contributed by atoms with Crippen LogP contribution in [0.2, 0.25) is 0 Å². The molecule has 1 N–H and O–H groups in total. The summed E-state index contributed by atoms with van der Waals surface area (Å²) in [5.74, 6) is 0. The van der Waals surface area contributed by atoms with Gasteiger partial charge in [-0.1, -0.05) is 13.8 Å². The van der Waals surface area contributed by atoms with Gasteiger partial charge in [0.05, 0.1) is 0 Å². The highest BCUT2D eigenvalue weighted by atomic mass is 32.1. The minimum Gasteiger partial charge on any atom is -0.328 e. The molecular formula is C10H15NOS. The second kappa shape index (κ2) is 4.51. The van der Waals surface area contributed by atoms with Gasteiger partial charge in [-0.05, 0) is 24.8 Å². The van der Waals surface area contributed by atoms with E-state index in [9.17, 15) is 4.79 Å². The van der Waals surface area contributed by atoms with E-state index in [-0.39, 0.29) is 5.56 Å². The smallest absolute Gasteiger partial charge is 0.251 e. The van der Waals surface area contributed by atoms with Crippen molar-refractivity contribution in [2.75, 3.05) is 0 Å². The van der Waals surface area contributed by atoms with Crippen molar-refractivity contribution in [1.82, 2.24) is 4.98 Å². The molecule has 0 saturated carbocycles. The number of fused-ring (bicyclic) bond motifs is 1. The normalized spacial score (nSPS) is 13.2. The number of hydrogen-bond acceptors (Lipinski definition) is 2. The molecule has 2 rings (SSSR count). The molecule has 13 heavy (non-hydrogen) atoms. The number of pyridine rings is 1. The zero-order chi connectivity index (χ0) is 9.84. The molecule has 0 radical (unpaired) electrons. The van der Waals surface area contributed by atoms with Crippen LogP contribution >= 0.6 is 12.6 Å². The predicted octanol–water partition coefficient (Wildman–Crippen LogP) is 2.18. The summed E-state index contributed by atoms with van der Waals surface area (Å²) in [6, 6.07) is 0. The van der Waals surface area contributed by atoms with Crippen molar-refractivity contribution in [2.24, 2.45) is 0 Å². The van der Waals surface area contributed by atoms with Crippen molar-refractivity contribution in [2.45, 2.75) is 38.0 Å². The minimum absolute atomic E-state index is 0.0651. The standard InChI is InChI=1S/C8H9NOS.C2H6/c10-8-6-3-1-2-5(6)7(11)4-9-8;1-2/h4,11H,1-3H2,(H,9,10);1-2H3. The Bertz CT molecular complexity index is 343. The van der Waals surface area contributed by atoms with Gasteiger partial charge in [0.15, 0.2) is 0 Å². The van der Waals surface area contributed by atoms with Crippen LogP contribution in [0.1, 0.15) is 31.4 Å². The molecule has 3 heteroatoms. The van der Waals surface area contributed by atoms with Gasteiger partial charge in [-0.2, -0.15) is 0 Å². The van der Waals surface area contributed by atoms with Crippen molar-refractivity contribution < 1.29 is 0 Å². The van der Waals surface area contributed by atoms with E-state index in [1.165, 1.54) is 0 Å². The summed E-state index contributed by atoms with van der Waals surface area (Å²) in [7, 11) is 0. The van der Waals surface area contributed by atoms with Gasteiger partial charge in [-0.3, -0.25) is 4.79 Å². The number of aromatic amines is 1. The van der Waals surface area contributed by atoms with E-state index < -0.39 is 0 Å². The predicted molar refractivity (Wildman–Crippen MR) is 57.7 cm³/mol. The van der Waals surface area contributed by atoms with E-state index in [0.717, 1.165) is 35.3 Å². The van der Waals surface area contributed by atoms with Crippen LogP contribution in [-0.2, 0) is 12.8 Å². The fourth-order valence-corrected chi connectivity index (χ4v) is 1.90. The fourth-order valence-electron chi connectivity index (χ4n) is 1.59. The third-order valence-corrected chi connectivity index (χ3v) is 2.54. The first-order valence-corrected chi connectivity index (χ1v) is 5.16. The lowest BCUT2D eigenvalue weighted by molar-refractivity contribution is 0.904. The summed E-state index contributed by atoms with van der Waals surface area (Å²) in [5.41, 5.74) is 2.16. The first-order chi connectivity index (χ1) is 6.29. The third kappa shape index (κ3) is 1.97. The van der Waals surface area contributed by atoms with E-state index in [1.807, 2.05) is 13.8 Å². The number of nitrogens with one attached hydrogen (secondary N) is 1. The lowest BCUT2D eigenvalue weighted by Crippen LogP contribution is -2.11. The van der Waals surface area contributed by atoms with E-state index in [2.05, 4.69) is 17.6 Å². The van der Waals surface area contributed by atoms with Crippen LogP contribution in [0.15, 0.2) is 15.9 Å². The van der Waals surface area contributed by atoms with Crippen LogP contribution in [0, 0.1) is 0 Å². The molecule has 1 aliphatic carbocycles. The van der Waals surface area contributed by atoms with Gasteiger partial charge in [-0.25, -0.2) is 0 Å². The van der Waals surface area contributed by atoms with E-state index >= 15 is 0 Å². The molecule has 0 spiro atoms.